The van der Waals surface area contributed by atoms with Crippen LogP contribution in [-0.2, 0) is 9.53 Å². The van der Waals surface area contributed by atoms with Crippen molar-refractivity contribution in [3.05, 3.63) is 21.4 Å². The molecule has 0 aliphatic heterocycles. The minimum Gasteiger partial charge on any atom is -0.449 e. The molecule has 2 rings (SSSR count). The van der Waals surface area contributed by atoms with E-state index in [4.69, 9.17) is 4.74 Å². The highest BCUT2D eigenvalue weighted by Gasteiger charge is 2.27. The summed E-state index contributed by atoms with van der Waals surface area (Å²) < 4.78 is 5.18. The van der Waals surface area contributed by atoms with E-state index in [-0.39, 0.29) is 11.9 Å². The van der Waals surface area contributed by atoms with Gasteiger partial charge in [-0.3, -0.25) is 4.79 Å². The standard InChI is InChI=1S/C13H17NO3S/c1-7-6-11(9(3)18-7)13(16)17-8(2)12(15)14-10-4-5-10/h6,8,10H,4-5H2,1-3H3,(H,14,15)/t8-/m1/s1. The summed E-state index contributed by atoms with van der Waals surface area (Å²) >= 11 is 1.55. The molecule has 5 heteroatoms. The van der Waals surface area contributed by atoms with Crippen molar-refractivity contribution < 1.29 is 14.3 Å². The molecule has 0 radical (unpaired) electrons. The van der Waals surface area contributed by atoms with E-state index >= 15 is 0 Å². The van der Waals surface area contributed by atoms with E-state index < -0.39 is 12.1 Å². The van der Waals surface area contributed by atoms with Crippen LogP contribution in [0, 0.1) is 13.8 Å². The van der Waals surface area contributed by atoms with Crippen LogP contribution in [0.5, 0.6) is 0 Å². The van der Waals surface area contributed by atoms with Gasteiger partial charge < -0.3 is 10.1 Å². The number of ether oxygens (including phenoxy) is 1. The van der Waals surface area contributed by atoms with Gasteiger partial charge in [-0.1, -0.05) is 0 Å². The van der Waals surface area contributed by atoms with Gasteiger partial charge in [0, 0.05) is 15.8 Å². The minimum absolute atomic E-state index is 0.213. The smallest absolute Gasteiger partial charge is 0.340 e. The van der Waals surface area contributed by atoms with Crippen molar-refractivity contribution >= 4 is 23.2 Å². The second-order valence-electron chi connectivity index (χ2n) is 4.66. The maximum absolute atomic E-state index is 11.9. The first-order valence-electron chi connectivity index (χ1n) is 6.05. The maximum atomic E-state index is 11.9. The molecule has 1 N–H and O–H groups in total. The van der Waals surface area contributed by atoms with Gasteiger partial charge in [0.15, 0.2) is 6.10 Å². The summed E-state index contributed by atoms with van der Waals surface area (Å²) in [5, 5.41) is 2.82. The molecule has 98 valence electrons. The molecule has 1 aliphatic rings. The molecule has 1 saturated carbocycles. The Morgan fingerprint density at radius 3 is 2.61 bits per heavy atom. The van der Waals surface area contributed by atoms with Gasteiger partial charge in [-0.15, -0.1) is 11.3 Å². The van der Waals surface area contributed by atoms with Crippen molar-refractivity contribution in [1.82, 2.24) is 5.32 Å². The minimum atomic E-state index is -0.738. The summed E-state index contributed by atoms with van der Waals surface area (Å²) in [6, 6.07) is 2.08. The predicted molar refractivity (Wildman–Crippen MR) is 69.8 cm³/mol. The molecule has 0 unspecified atom stereocenters. The lowest BCUT2D eigenvalue weighted by Crippen LogP contribution is -2.37. The van der Waals surface area contributed by atoms with E-state index in [1.165, 1.54) is 0 Å². The third-order valence-electron chi connectivity index (χ3n) is 2.84. The molecule has 1 atom stereocenters. The van der Waals surface area contributed by atoms with Crippen LogP contribution in [0.15, 0.2) is 6.07 Å². The van der Waals surface area contributed by atoms with Crippen LogP contribution >= 0.6 is 11.3 Å². The fourth-order valence-electron chi connectivity index (χ4n) is 1.66. The number of amides is 1. The fourth-order valence-corrected chi connectivity index (χ4v) is 2.57. The lowest BCUT2D eigenvalue weighted by Gasteiger charge is -2.12. The van der Waals surface area contributed by atoms with Crippen LogP contribution in [0.3, 0.4) is 0 Å². The topological polar surface area (TPSA) is 55.4 Å². The molecule has 1 fully saturated rings. The summed E-state index contributed by atoms with van der Waals surface area (Å²) in [5.41, 5.74) is 0.559. The summed E-state index contributed by atoms with van der Waals surface area (Å²) in [4.78, 5) is 25.6. The van der Waals surface area contributed by atoms with Crippen molar-refractivity contribution in [2.75, 3.05) is 0 Å². The van der Waals surface area contributed by atoms with Crippen molar-refractivity contribution in [1.29, 1.82) is 0 Å². The van der Waals surface area contributed by atoms with E-state index in [0.717, 1.165) is 22.6 Å². The van der Waals surface area contributed by atoms with Gasteiger partial charge in [-0.25, -0.2) is 4.79 Å². The summed E-state index contributed by atoms with van der Waals surface area (Å²) in [5.74, 6) is -0.634. The Labute approximate surface area is 110 Å². The van der Waals surface area contributed by atoms with Crippen LogP contribution < -0.4 is 5.32 Å². The van der Waals surface area contributed by atoms with Gasteiger partial charge in [0.25, 0.3) is 5.91 Å². The average Bonchev–Trinajstić information content (AvgIpc) is 3.02. The third kappa shape index (κ3) is 3.10. The number of hydrogen-bond donors (Lipinski definition) is 1. The highest BCUT2D eigenvalue weighted by Crippen LogP contribution is 2.22. The normalized spacial score (nSPS) is 16.2. The van der Waals surface area contributed by atoms with E-state index in [0.29, 0.717) is 5.56 Å². The average molecular weight is 267 g/mol. The Hall–Kier alpha value is -1.36. The van der Waals surface area contributed by atoms with E-state index in [1.807, 2.05) is 13.8 Å². The summed E-state index contributed by atoms with van der Waals surface area (Å²) in [7, 11) is 0. The monoisotopic (exact) mass is 267 g/mol. The molecule has 1 aliphatic carbocycles. The lowest BCUT2D eigenvalue weighted by atomic mass is 10.2. The molecule has 0 bridgehead atoms. The zero-order chi connectivity index (χ0) is 13.3. The largest absolute Gasteiger partial charge is 0.449 e. The van der Waals surface area contributed by atoms with E-state index in [9.17, 15) is 9.59 Å². The Balaban J connectivity index is 1.93. The number of aryl methyl sites for hydroxylation is 2. The van der Waals surface area contributed by atoms with Crippen LogP contribution in [-0.4, -0.2) is 24.0 Å². The molecule has 1 amide bonds. The van der Waals surface area contributed by atoms with Crippen molar-refractivity contribution in [3.63, 3.8) is 0 Å². The first kappa shape index (κ1) is 13.1. The van der Waals surface area contributed by atoms with Crippen LogP contribution in [0.2, 0.25) is 0 Å². The zero-order valence-corrected chi connectivity index (χ0v) is 11.6. The Bertz CT molecular complexity index is 477. The SMILES string of the molecule is Cc1cc(C(=O)O[C@H](C)C(=O)NC2CC2)c(C)s1. The van der Waals surface area contributed by atoms with Crippen molar-refractivity contribution in [3.8, 4) is 0 Å². The molecule has 4 nitrogen and oxygen atoms in total. The van der Waals surface area contributed by atoms with Gasteiger partial charge in [-0.2, -0.15) is 0 Å². The number of hydrogen-bond acceptors (Lipinski definition) is 4. The maximum Gasteiger partial charge on any atom is 0.340 e. The number of carbonyl (C=O) groups excluding carboxylic acids is 2. The number of nitrogens with one attached hydrogen (secondary N) is 1. The summed E-state index contributed by atoms with van der Waals surface area (Å²) in [6.07, 6.45) is 1.31. The molecule has 0 spiro atoms. The van der Waals surface area contributed by atoms with Crippen molar-refractivity contribution in [2.45, 2.75) is 45.8 Å². The predicted octanol–water partition coefficient (Wildman–Crippen LogP) is 2.19. The van der Waals surface area contributed by atoms with Gasteiger partial charge in [0.05, 0.1) is 5.56 Å². The third-order valence-corrected chi connectivity index (χ3v) is 3.80. The first-order chi connectivity index (χ1) is 8.47. The molecule has 0 saturated heterocycles. The second kappa shape index (κ2) is 5.10. The quantitative estimate of drug-likeness (QED) is 0.851. The zero-order valence-electron chi connectivity index (χ0n) is 10.8. The fraction of sp³-hybridized carbons (Fsp3) is 0.538. The molecule has 1 aromatic rings. The Kier molecular flexibility index (Phi) is 3.71. The van der Waals surface area contributed by atoms with Crippen molar-refractivity contribution in [2.24, 2.45) is 0 Å². The molecular weight excluding hydrogens is 250 g/mol. The number of carbonyl (C=O) groups is 2. The van der Waals surface area contributed by atoms with Gasteiger partial charge >= 0.3 is 5.97 Å². The van der Waals surface area contributed by atoms with Crippen LogP contribution in [0.1, 0.15) is 39.9 Å². The highest BCUT2D eigenvalue weighted by molar-refractivity contribution is 7.12. The van der Waals surface area contributed by atoms with E-state index in [1.54, 1.807) is 24.3 Å². The summed E-state index contributed by atoms with van der Waals surface area (Å²) in [6.45, 7) is 5.42. The Morgan fingerprint density at radius 1 is 1.44 bits per heavy atom. The van der Waals surface area contributed by atoms with Gasteiger partial charge in [-0.05, 0) is 39.7 Å². The second-order valence-corrected chi connectivity index (χ2v) is 6.12. The number of rotatable bonds is 4. The highest BCUT2D eigenvalue weighted by atomic mass is 32.1. The molecule has 18 heavy (non-hydrogen) atoms. The number of thiophene rings is 1. The van der Waals surface area contributed by atoms with Gasteiger partial charge in [0.2, 0.25) is 0 Å². The molecular formula is C13H17NO3S. The molecule has 0 aromatic carbocycles. The van der Waals surface area contributed by atoms with Crippen LogP contribution in [0.25, 0.3) is 0 Å². The first-order valence-corrected chi connectivity index (χ1v) is 6.87. The van der Waals surface area contributed by atoms with Gasteiger partial charge in [0.1, 0.15) is 0 Å². The Morgan fingerprint density at radius 2 is 2.11 bits per heavy atom. The number of esters is 1. The molecule has 1 heterocycles. The molecule has 1 aromatic heterocycles. The lowest BCUT2D eigenvalue weighted by molar-refractivity contribution is -0.129. The van der Waals surface area contributed by atoms with E-state index in [2.05, 4.69) is 5.32 Å². The van der Waals surface area contributed by atoms with Crippen LogP contribution in [0.4, 0.5) is 0 Å².